The summed E-state index contributed by atoms with van der Waals surface area (Å²) >= 11 is 0. The van der Waals surface area contributed by atoms with Crippen LogP contribution in [0.15, 0.2) is 30.5 Å². The largest absolute Gasteiger partial charge is 0.381 e. The van der Waals surface area contributed by atoms with Crippen molar-refractivity contribution in [2.75, 3.05) is 40.9 Å². The molecular formula is C64H113N9O11. The van der Waals surface area contributed by atoms with E-state index in [0.717, 1.165) is 35.7 Å². The number of aromatic amines is 1. The summed E-state index contributed by atoms with van der Waals surface area (Å²) in [6.07, 6.45) is 7.60. The third-order valence-corrected chi connectivity index (χ3v) is 16.2. The third-order valence-electron chi connectivity index (χ3n) is 16.2. The van der Waals surface area contributed by atoms with Crippen LogP contribution in [0.3, 0.4) is 0 Å². The molecule has 0 bridgehead atoms. The number of nitrogens with two attached hydrogens (primary N) is 1. The predicted molar refractivity (Wildman–Crippen MR) is 334 cm³/mol. The van der Waals surface area contributed by atoms with Crippen LogP contribution in [0.5, 0.6) is 0 Å². The number of hydrogen-bond donors (Lipinski definition) is 6. The maximum absolute atomic E-state index is 13.4. The second-order valence-electron chi connectivity index (χ2n) is 22.5. The number of likely N-dealkylation sites (tertiary alicyclic amines) is 2. The van der Waals surface area contributed by atoms with Crippen LogP contribution in [-0.4, -0.2) is 150 Å². The SMILES string of the molecule is CC.CC.CC.CCC(C)[C@H](C)C(CC(=O)N1CCCC1C(OC)C(C)C(=O)N[C@@H](Cc1c[nH]c2ccccc12)C(N)=O)OC.CCC1(C)C(=O)N(CCCCCC(=O)NNC(=O)CCCN(C)C(C(=O)N[C@H](C(C)=O)C(C)C)C(C)C)C1=O. The van der Waals surface area contributed by atoms with Gasteiger partial charge in [0.1, 0.15) is 11.5 Å². The minimum atomic E-state index is -0.873. The maximum Gasteiger partial charge on any atom is 0.244 e. The first-order chi connectivity index (χ1) is 39.8. The Labute approximate surface area is 504 Å². The molecule has 0 saturated carbocycles. The third kappa shape index (κ3) is 23.3. The summed E-state index contributed by atoms with van der Waals surface area (Å²) in [5.74, 6) is -2.02. The molecule has 20 nitrogen and oxygen atoms in total. The summed E-state index contributed by atoms with van der Waals surface area (Å²) in [4.78, 5) is 121. The first kappa shape index (κ1) is 78.3. The summed E-state index contributed by atoms with van der Waals surface area (Å²) in [5, 5.41) is 6.70. The van der Waals surface area contributed by atoms with Gasteiger partial charge in [0.2, 0.25) is 47.3 Å². The van der Waals surface area contributed by atoms with E-state index in [0.29, 0.717) is 64.1 Å². The number of Topliss-reactive ketones (excluding diaryl/α,β-unsaturated/α-hetero) is 1. The highest BCUT2D eigenvalue weighted by Crippen LogP contribution is 2.36. The van der Waals surface area contributed by atoms with Crippen LogP contribution in [0, 0.1) is 35.0 Å². The average Bonchev–Trinajstić information content (AvgIpc) is 3.58. The average molecular weight is 1180 g/mol. The molecule has 480 valence electrons. The molecule has 1 aromatic heterocycles. The Kier molecular flexibility index (Phi) is 37.8. The number of nitrogens with one attached hydrogen (secondary N) is 5. The van der Waals surface area contributed by atoms with Crippen LogP contribution >= 0.6 is 0 Å². The number of amides is 8. The van der Waals surface area contributed by atoms with Gasteiger partial charge in [-0.05, 0) is 101 Å². The number of fused-ring (bicyclic) bond motifs is 1. The van der Waals surface area contributed by atoms with Crippen molar-refractivity contribution in [2.24, 2.45) is 40.7 Å². The highest BCUT2D eigenvalue weighted by Gasteiger charge is 2.55. The Morgan fingerprint density at radius 3 is 1.89 bits per heavy atom. The van der Waals surface area contributed by atoms with Gasteiger partial charge in [-0.2, -0.15) is 0 Å². The van der Waals surface area contributed by atoms with Crippen molar-refractivity contribution in [3.63, 3.8) is 0 Å². The van der Waals surface area contributed by atoms with E-state index >= 15 is 0 Å². The normalized spacial score (nSPS) is 17.2. The zero-order valence-corrected chi connectivity index (χ0v) is 55.3. The number of β-lactam (4-membered cyclic amide) rings is 2. The second kappa shape index (κ2) is 40.6. The monoisotopic (exact) mass is 1180 g/mol. The molecule has 8 amide bonds. The second-order valence-corrected chi connectivity index (χ2v) is 22.5. The number of methoxy groups -OCH3 is 2. The molecule has 20 heteroatoms. The lowest BCUT2D eigenvalue weighted by Gasteiger charge is -2.43. The van der Waals surface area contributed by atoms with Crippen LogP contribution < -0.4 is 27.2 Å². The number of ketones is 1. The van der Waals surface area contributed by atoms with Gasteiger partial charge in [-0.15, -0.1) is 0 Å². The number of para-hydroxylation sites is 1. The fraction of sp³-hybridized carbons (Fsp3) is 0.734. The standard InChI is InChI=1S/C30H46N4O5.C28H49N5O6.3C2H6/c1-7-18(2)19(3)26(38-5)16-27(35)34-14-10-13-25(34)28(39-6)20(4)30(37)33-24(29(31)36)15-21-17-32-23-12-9-8-11-22(21)23;1-9-28(7)26(38)33(27(28)39)17-12-10-11-14-21(35)30-31-22(36)15-13-16-32(8)24(19(4)5)25(37)29-23(18(2)3)20(6)34;3*1-2/h8-9,11-12,17-20,24-26,28,32H,7,10,13-16H2,1-6H3,(H2,31,36)(H,33,37);18-19,23-24H,9-17H2,1-8H3,(H,29,37)(H,30,35)(H,31,36);3*1-2H3/t18?,19-,20?,24-,25?,26?,28?;23-,24?;;;/m00.../s1. The van der Waals surface area contributed by atoms with E-state index in [4.69, 9.17) is 15.2 Å². The highest BCUT2D eigenvalue weighted by molar-refractivity contribution is 6.21. The van der Waals surface area contributed by atoms with Crippen LogP contribution in [0.1, 0.15) is 194 Å². The predicted octanol–water partition coefficient (Wildman–Crippen LogP) is 8.43. The zero-order valence-electron chi connectivity index (χ0n) is 55.3. The number of hydrogen-bond acceptors (Lipinski definition) is 12. The number of primary amides is 1. The number of unbranched alkanes of at least 4 members (excludes halogenated alkanes) is 2. The Bertz CT molecular complexity index is 2320. The highest BCUT2D eigenvalue weighted by atomic mass is 16.5. The van der Waals surface area contributed by atoms with E-state index < -0.39 is 41.5 Å². The number of benzene rings is 1. The molecule has 4 rings (SSSR count). The molecule has 0 spiro atoms. The van der Waals surface area contributed by atoms with Gasteiger partial charge >= 0.3 is 0 Å². The van der Waals surface area contributed by atoms with Crippen molar-refractivity contribution in [1.82, 2.24) is 41.2 Å². The van der Waals surface area contributed by atoms with Crippen molar-refractivity contribution in [3.8, 4) is 0 Å². The number of carbonyl (C=O) groups excluding carboxylic acids is 9. The Balaban J connectivity index is 0.00000151. The number of nitrogens with zero attached hydrogens (tertiary/aromatic N) is 3. The first-order valence-electron chi connectivity index (χ1n) is 31.2. The van der Waals surface area contributed by atoms with Gasteiger partial charge in [0, 0.05) is 63.7 Å². The molecule has 2 aliphatic rings. The smallest absolute Gasteiger partial charge is 0.244 e. The van der Waals surface area contributed by atoms with Crippen LogP contribution in [0.2, 0.25) is 0 Å². The number of imide groups is 1. The molecule has 0 radical (unpaired) electrons. The summed E-state index contributed by atoms with van der Waals surface area (Å²) in [5.41, 5.74) is 11.5. The van der Waals surface area contributed by atoms with Gasteiger partial charge in [0.05, 0.1) is 42.7 Å². The van der Waals surface area contributed by atoms with Gasteiger partial charge in [-0.3, -0.25) is 63.8 Å². The number of aromatic nitrogens is 1. The zero-order chi connectivity index (χ0) is 64.6. The number of hydrazine groups is 1. The van der Waals surface area contributed by atoms with Gasteiger partial charge in [-0.25, -0.2) is 0 Å². The topological polar surface area (TPSA) is 272 Å². The molecule has 1 aromatic carbocycles. The van der Waals surface area contributed by atoms with Crippen molar-refractivity contribution >= 4 is 63.9 Å². The fourth-order valence-electron chi connectivity index (χ4n) is 10.7. The van der Waals surface area contributed by atoms with Gasteiger partial charge in [0.25, 0.3) is 0 Å². The molecule has 2 saturated heterocycles. The lowest BCUT2D eigenvalue weighted by atomic mass is 9.77. The van der Waals surface area contributed by atoms with Gasteiger partial charge < -0.3 is 35.7 Å². The van der Waals surface area contributed by atoms with Crippen LogP contribution in [0.4, 0.5) is 0 Å². The van der Waals surface area contributed by atoms with Crippen molar-refractivity contribution in [2.45, 2.75) is 231 Å². The molecular weight excluding hydrogens is 1070 g/mol. The maximum atomic E-state index is 13.4. The van der Waals surface area contributed by atoms with Gasteiger partial charge in [0.15, 0.2) is 5.78 Å². The number of carbonyl (C=O) groups is 9. The Hall–Kier alpha value is -5.73. The molecule has 2 aromatic rings. The molecule has 6 unspecified atom stereocenters. The Morgan fingerprint density at radius 2 is 1.38 bits per heavy atom. The van der Waals surface area contributed by atoms with Crippen molar-refractivity contribution in [1.29, 1.82) is 0 Å². The molecule has 9 atom stereocenters. The summed E-state index contributed by atoms with van der Waals surface area (Å²) in [7, 11) is 5.04. The molecule has 3 heterocycles. The summed E-state index contributed by atoms with van der Waals surface area (Å²) < 4.78 is 11.6. The lowest BCUT2D eigenvalue weighted by molar-refractivity contribution is -0.175. The Morgan fingerprint density at radius 1 is 0.798 bits per heavy atom. The van der Waals surface area contributed by atoms with E-state index in [1.54, 1.807) is 28.1 Å². The summed E-state index contributed by atoms with van der Waals surface area (Å²) in [6, 6.07) is 5.70. The van der Waals surface area contributed by atoms with E-state index in [1.807, 2.05) is 123 Å². The fourth-order valence-corrected chi connectivity index (χ4v) is 10.7. The molecule has 84 heavy (non-hydrogen) atoms. The minimum Gasteiger partial charge on any atom is -0.381 e. The number of likely N-dealkylation sites (N-methyl/N-ethyl adjacent to an activating group) is 1. The minimum absolute atomic E-state index is 0.00584. The number of H-pyrrole nitrogens is 1. The first-order valence-corrected chi connectivity index (χ1v) is 31.2. The quantitative estimate of drug-likeness (QED) is 0.0180. The van der Waals surface area contributed by atoms with Gasteiger partial charge in [-0.1, -0.05) is 135 Å². The summed E-state index contributed by atoms with van der Waals surface area (Å²) in [6.45, 7) is 34.3. The van der Waals surface area contributed by atoms with E-state index in [9.17, 15) is 43.2 Å². The van der Waals surface area contributed by atoms with Crippen molar-refractivity contribution in [3.05, 3.63) is 36.0 Å². The van der Waals surface area contributed by atoms with E-state index in [2.05, 4.69) is 47.2 Å². The molecule has 7 N–H and O–H groups in total. The van der Waals surface area contributed by atoms with Crippen LogP contribution in [-0.2, 0) is 59.0 Å². The number of rotatable bonds is 31. The van der Waals surface area contributed by atoms with E-state index in [-0.39, 0.29) is 96.3 Å². The van der Waals surface area contributed by atoms with E-state index in [1.165, 1.54) is 11.8 Å². The number of ether oxygens (including phenoxy) is 2. The van der Waals surface area contributed by atoms with Crippen molar-refractivity contribution < 1.29 is 52.6 Å². The molecule has 2 fully saturated rings. The molecule has 2 aliphatic heterocycles. The van der Waals surface area contributed by atoms with Crippen LogP contribution in [0.25, 0.3) is 10.9 Å². The lowest BCUT2D eigenvalue weighted by Crippen LogP contribution is -2.64. The molecule has 0 aliphatic carbocycles.